The fourth-order valence-electron chi connectivity index (χ4n) is 1.76. The Kier molecular flexibility index (Phi) is 5.96. The molecule has 0 aliphatic carbocycles. The van der Waals surface area contributed by atoms with Crippen molar-refractivity contribution in [2.24, 2.45) is 0 Å². The number of hydrogen-bond acceptors (Lipinski definition) is 3. The molecule has 0 saturated heterocycles. The third-order valence-electron chi connectivity index (χ3n) is 2.81. The second kappa shape index (κ2) is 7.96. The van der Waals surface area contributed by atoms with E-state index < -0.39 is 0 Å². The molecule has 0 atom stereocenters. The van der Waals surface area contributed by atoms with E-state index in [-0.39, 0.29) is 5.91 Å². The highest BCUT2D eigenvalue weighted by molar-refractivity contribution is 7.99. The van der Waals surface area contributed by atoms with Crippen LogP contribution in [-0.2, 0) is 0 Å². The van der Waals surface area contributed by atoms with Crippen LogP contribution in [0.1, 0.15) is 10.4 Å². The topological polar surface area (TPSA) is 38.3 Å². The van der Waals surface area contributed by atoms with Gasteiger partial charge in [-0.2, -0.15) is 0 Å². The molecule has 2 rings (SSSR count). The van der Waals surface area contributed by atoms with Gasteiger partial charge < -0.3 is 10.1 Å². The van der Waals surface area contributed by atoms with Gasteiger partial charge in [-0.3, -0.25) is 4.79 Å². The van der Waals surface area contributed by atoms with Gasteiger partial charge in [0.05, 0.1) is 12.1 Å². The van der Waals surface area contributed by atoms with Gasteiger partial charge in [-0.25, -0.2) is 0 Å². The van der Waals surface area contributed by atoms with E-state index in [1.54, 1.807) is 37.1 Å². The quantitative estimate of drug-likeness (QED) is 0.648. The smallest absolute Gasteiger partial charge is 0.251 e. The first-order valence-electron chi connectivity index (χ1n) is 6.50. The fraction of sp³-hybridized carbons (Fsp3) is 0.188. The van der Waals surface area contributed by atoms with Crippen LogP contribution in [-0.4, -0.2) is 25.3 Å². The lowest BCUT2D eigenvalue weighted by atomic mass is 10.2. The molecule has 2 aromatic rings. The third-order valence-corrected chi connectivity index (χ3v) is 4.12. The second-order valence-corrected chi connectivity index (χ2v) is 5.84. The molecule has 1 N–H and O–H groups in total. The van der Waals surface area contributed by atoms with Crippen molar-refractivity contribution in [3.63, 3.8) is 0 Å². The predicted molar refractivity (Wildman–Crippen MR) is 87.5 cm³/mol. The summed E-state index contributed by atoms with van der Waals surface area (Å²) in [7, 11) is 1.54. The average molecular weight is 322 g/mol. The van der Waals surface area contributed by atoms with Crippen LogP contribution in [0.5, 0.6) is 5.75 Å². The van der Waals surface area contributed by atoms with Crippen molar-refractivity contribution in [1.29, 1.82) is 0 Å². The molecular formula is C16H16ClNO2S. The minimum Gasteiger partial charge on any atom is -0.495 e. The maximum absolute atomic E-state index is 12.0. The van der Waals surface area contributed by atoms with Crippen molar-refractivity contribution in [3.05, 3.63) is 59.1 Å². The lowest BCUT2D eigenvalue weighted by molar-refractivity contribution is 0.0956. The molecule has 0 saturated carbocycles. The first-order chi connectivity index (χ1) is 10.2. The van der Waals surface area contributed by atoms with Crippen LogP contribution < -0.4 is 10.1 Å². The van der Waals surface area contributed by atoms with E-state index in [1.807, 2.05) is 18.2 Å². The van der Waals surface area contributed by atoms with Gasteiger partial charge in [0.15, 0.2) is 0 Å². The molecule has 3 nitrogen and oxygen atoms in total. The van der Waals surface area contributed by atoms with E-state index in [0.29, 0.717) is 22.9 Å². The van der Waals surface area contributed by atoms with Gasteiger partial charge in [0.1, 0.15) is 5.75 Å². The van der Waals surface area contributed by atoms with E-state index in [0.717, 1.165) is 5.75 Å². The van der Waals surface area contributed by atoms with Crippen LogP contribution >= 0.6 is 23.4 Å². The molecular weight excluding hydrogens is 306 g/mol. The van der Waals surface area contributed by atoms with Gasteiger partial charge in [-0.1, -0.05) is 29.8 Å². The molecule has 0 heterocycles. The number of amides is 1. The second-order valence-electron chi connectivity index (χ2n) is 4.27. The molecule has 110 valence electrons. The zero-order valence-corrected chi connectivity index (χ0v) is 13.2. The standard InChI is InChI=1S/C16H16ClNO2S/c1-20-15-8-7-12(11-14(15)17)16(19)18-9-10-21-13-5-3-2-4-6-13/h2-8,11H,9-10H2,1H3,(H,18,19). The Morgan fingerprint density at radius 1 is 1.24 bits per heavy atom. The van der Waals surface area contributed by atoms with Crippen molar-refractivity contribution in [2.45, 2.75) is 4.90 Å². The van der Waals surface area contributed by atoms with Crippen molar-refractivity contribution in [2.75, 3.05) is 19.4 Å². The molecule has 0 radical (unpaired) electrons. The molecule has 0 unspecified atom stereocenters. The van der Waals surface area contributed by atoms with Crippen molar-refractivity contribution in [1.82, 2.24) is 5.32 Å². The zero-order valence-electron chi connectivity index (χ0n) is 11.6. The summed E-state index contributed by atoms with van der Waals surface area (Å²) in [6, 6.07) is 15.1. The van der Waals surface area contributed by atoms with Gasteiger partial charge >= 0.3 is 0 Å². The summed E-state index contributed by atoms with van der Waals surface area (Å²) >= 11 is 7.71. The van der Waals surface area contributed by atoms with E-state index in [9.17, 15) is 4.79 Å². The van der Waals surface area contributed by atoms with Crippen LogP contribution in [0.3, 0.4) is 0 Å². The van der Waals surface area contributed by atoms with Crippen molar-refractivity contribution in [3.8, 4) is 5.75 Å². The van der Waals surface area contributed by atoms with Gasteiger partial charge in [-0.05, 0) is 30.3 Å². The number of rotatable bonds is 6. The number of methoxy groups -OCH3 is 1. The van der Waals surface area contributed by atoms with Gasteiger partial charge in [0.25, 0.3) is 5.91 Å². The summed E-state index contributed by atoms with van der Waals surface area (Å²) in [6.07, 6.45) is 0. The average Bonchev–Trinajstić information content (AvgIpc) is 2.52. The Bertz CT molecular complexity index is 604. The van der Waals surface area contributed by atoms with Gasteiger partial charge in [0.2, 0.25) is 0 Å². The first kappa shape index (κ1) is 15.7. The Morgan fingerprint density at radius 2 is 2.00 bits per heavy atom. The van der Waals surface area contributed by atoms with Gasteiger partial charge in [0, 0.05) is 22.8 Å². The van der Waals surface area contributed by atoms with Crippen molar-refractivity contribution >= 4 is 29.3 Å². The number of carbonyl (C=O) groups is 1. The van der Waals surface area contributed by atoms with Crippen LogP contribution in [0.15, 0.2) is 53.4 Å². The summed E-state index contributed by atoms with van der Waals surface area (Å²) in [5.74, 6) is 1.25. The number of carbonyl (C=O) groups excluding carboxylic acids is 1. The van der Waals surface area contributed by atoms with Gasteiger partial charge in [-0.15, -0.1) is 11.8 Å². The molecule has 1 amide bonds. The molecule has 2 aromatic carbocycles. The SMILES string of the molecule is COc1ccc(C(=O)NCCSc2ccccc2)cc1Cl. The molecule has 21 heavy (non-hydrogen) atoms. The highest BCUT2D eigenvalue weighted by Crippen LogP contribution is 2.24. The number of nitrogens with one attached hydrogen (secondary N) is 1. The predicted octanol–water partition coefficient (Wildman–Crippen LogP) is 3.87. The van der Waals surface area contributed by atoms with E-state index in [4.69, 9.17) is 16.3 Å². The number of ether oxygens (including phenoxy) is 1. The van der Waals surface area contributed by atoms with E-state index in [2.05, 4.69) is 17.4 Å². The Hall–Kier alpha value is -1.65. The molecule has 0 aliphatic rings. The summed E-state index contributed by atoms with van der Waals surface area (Å²) in [5, 5.41) is 3.31. The van der Waals surface area contributed by atoms with Crippen LogP contribution in [0.25, 0.3) is 0 Å². The molecule has 0 bridgehead atoms. The maximum Gasteiger partial charge on any atom is 0.251 e. The molecule has 0 aromatic heterocycles. The Morgan fingerprint density at radius 3 is 2.67 bits per heavy atom. The third kappa shape index (κ3) is 4.69. The number of benzene rings is 2. The fourth-order valence-corrected chi connectivity index (χ4v) is 2.81. The van der Waals surface area contributed by atoms with Crippen LogP contribution in [0.2, 0.25) is 5.02 Å². The lowest BCUT2D eigenvalue weighted by Gasteiger charge is -2.07. The maximum atomic E-state index is 12.0. The monoisotopic (exact) mass is 321 g/mol. The summed E-state index contributed by atoms with van der Waals surface area (Å²) in [6.45, 7) is 0.599. The summed E-state index contributed by atoms with van der Waals surface area (Å²) in [5.41, 5.74) is 0.533. The number of hydrogen-bond donors (Lipinski definition) is 1. The highest BCUT2D eigenvalue weighted by atomic mass is 35.5. The summed E-state index contributed by atoms with van der Waals surface area (Å²) < 4.78 is 5.06. The minimum absolute atomic E-state index is 0.131. The normalized spacial score (nSPS) is 10.2. The van der Waals surface area contributed by atoms with Crippen LogP contribution in [0.4, 0.5) is 0 Å². The molecule has 5 heteroatoms. The van der Waals surface area contributed by atoms with Crippen LogP contribution in [0, 0.1) is 0 Å². The van der Waals surface area contributed by atoms with E-state index >= 15 is 0 Å². The Labute approximate surface area is 133 Å². The largest absolute Gasteiger partial charge is 0.495 e. The summed E-state index contributed by atoms with van der Waals surface area (Å²) in [4.78, 5) is 13.2. The molecule has 0 fully saturated rings. The number of thioether (sulfide) groups is 1. The lowest BCUT2D eigenvalue weighted by Crippen LogP contribution is -2.25. The first-order valence-corrected chi connectivity index (χ1v) is 7.86. The molecule has 0 aliphatic heterocycles. The molecule has 0 spiro atoms. The minimum atomic E-state index is -0.131. The highest BCUT2D eigenvalue weighted by Gasteiger charge is 2.08. The zero-order chi connectivity index (χ0) is 15.1. The number of halogens is 1. The Balaban J connectivity index is 1.80. The van der Waals surface area contributed by atoms with Crippen molar-refractivity contribution < 1.29 is 9.53 Å². The van der Waals surface area contributed by atoms with E-state index in [1.165, 1.54) is 4.90 Å².